The molecule has 68 heavy (non-hydrogen) atoms. The van der Waals surface area contributed by atoms with Crippen molar-refractivity contribution in [1.82, 2.24) is 0 Å². The van der Waals surface area contributed by atoms with Crippen molar-refractivity contribution in [3.8, 4) is 23.0 Å². The van der Waals surface area contributed by atoms with Gasteiger partial charge < -0.3 is 18.9 Å². The van der Waals surface area contributed by atoms with Crippen LogP contribution in [0.1, 0.15) is 244 Å². The first-order valence-electron chi connectivity index (χ1n) is 27.9. The third-order valence-electron chi connectivity index (χ3n) is 14.0. The molecule has 0 bridgehead atoms. The average Bonchev–Trinajstić information content (AvgIpc) is 3.80. The van der Waals surface area contributed by atoms with Gasteiger partial charge in [0.15, 0.2) is 23.0 Å². The fourth-order valence-corrected chi connectivity index (χ4v) is 15.1. The van der Waals surface area contributed by atoms with E-state index in [2.05, 4.69) is 142 Å². The summed E-state index contributed by atoms with van der Waals surface area (Å²) in [6.45, 7) is 12.1. The number of halogens is 4. The maximum atomic E-state index is 6.72. The van der Waals surface area contributed by atoms with Crippen LogP contribution in [0.15, 0.2) is 24.3 Å². The van der Waals surface area contributed by atoms with Gasteiger partial charge in [-0.1, -0.05) is 207 Å². The van der Waals surface area contributed by atoms with Crippen LogP contribution in [0.2, 0.25) is 0 Å². The summed E-state index contributed by atoms with van der Waals surface area (Å²) in [5, 5.41) is 7.73. The Morgan fingerprint density at radius 3 is 0.721 bits per heavy atom. The lowest BCUT2D eigenvalue weighted by Crippen LogP contribution is -2.09. The molecule has 5 rings (SSSR count). The van der Waals surface area contributed by atoms with Crippen molar-refractivity contribution < 1.29 is 18.9 Å². The van der Waals surface area contributed by atoms with Crippen LogP contribution in [-0.4, -0.2) is 26.4 Å². The zero-order valence-electron chi connectivity index (χ0n) is 42.9. The Kier molecular flexibility index (Phi) is 29.3. The molecule has 0 aliphatic heterocycles. The van der Waals surface area contributed by atoms with E-state index in [1.54, 1.807) is 0 Å². The van der Waals surface area contributed by atoms with Crippen LogP contribution in [0.5, 0.6) is 23.0 Å². The van der Waals surface area contributed by atoms with E-state index in [4.69, 9.17) is 18.9 Å². The highest BCUT2D eigenvalue weighted by atomic mass is 127. The van der Waals surface area contributed by atoms with E-state index in [0.717, 1.165) is 75.1 Å². The van der Waals surface area contributed by atoms with E-state index in [1.807, 2.05) is 0 Å². The van der Waals surface area contributed by atoms with Crippen LogP contribution in [0.3, 0.4) is 0 Å². The van der Waals surface area contributed by atoms with Crippen LogP contribution >= 0.6 is 90.4 Å². The molecule has 0 unspecified atom stereocenters. The van der Waals surface area contributed by atoms with E-state index < -0.39 is 0 Å². The molecule has 8 heteroatoms. The first-order chi connectivity index (χ1) is 33.4. The summed E-state index contributed by atoms with van der Waals surface area (Å²) in [5.41, 5.74) is 2.68. The molecule has 4 nitrogen and oxygen atoms in total. The van der Waals surface area contributed by atoms with Gasteiger partial charge in [-0.05, 0) is 151 Å². The Morgan fingerprint density at radius 2 is 0.485 bits per heavy atom. The van der Waals surface area contributed by atoms with Crippen molar-refractivity contribution in [3.05, 3.63) is 73.8 Å². The van der Waals surface area contributed by atoms with Gasteiger partial charge in [0.25, 0.3) is 0 Å². The summed E-state index contributed by atoms with van der Waals surface area (Å²) in [7, 11) is 0. The highest BCUT2D eigenvalue weighted by Gasteiger charge is 2.27. The summed E-state index contributed by atoms with van der Waals surface area (Å²) >= 11 is 10.6. The van der Waals surface area contributed by atoms with Gasteiger partial charge in [0.05, 0.1) is 26.4 Å². The summed E-state index contributed by atoms with van der Waals surface area (Å²) in [4.78, 5) is 0. The molecular formula is C60H88I4O4. The quantitative estimate of drug-likeness (QED) is 0.0420. The van der Waals surface area contributed by atoms with Gasteiger partial charge in [0.2, 0.25) is 0 Å². The second kappa shape index (κ2) is 34.1. The standard InChI is InChI=1S/C60H88I4O4/c1-5-9-13-17-21-25-29-33-37-65-49-41-45-47(43-51(49)67-39-35-31-27-23-19-15-11-7-3)57(61)55-53(45)59(63)56-54(60(55)64)46-42-50(66-38-34-30-26-22-18-14-10-6-2)52(44-48(46)58(56)62)68-40-36-32-28-24-20-16-12-8-4/h41-44H,5-40H2,1-4H3. The van der Waals surface area contributed by atoms with Crippen molar-refractivity contribution in [1.29, 1.82) is 0 Å². The predicted octanol–water partition coefficient (Wildman–Crippen LogP) is 19.4. The van der Waals surface area contributed by atoms with Gasteiger partial charge in [-0.25, -0.2) is 0 Å². The van der Waals surface area contributed by atoms with Crippen molar-refractivity contribution in [2.45, 2.75) is 233 Å². The minimum Gasteiger partial charge on any atom is -0.490 e. The van der Waals surface area contributed by atoms with Crippen molar-refractivity contribution >= 4 is 97.5 Å². The number of fused-ring (bicyclic) bond motifs is 4. The molecule has 2 aliphatic rings. The number of hydrogen-bond donors (Lipinski definition) is 0. The summed E-state index contributed by atoms with van der Waals surface area (Å²) in [6.07, 6.45) is 41.2. The second-order valence-electron chi connectivity index (χ2n) is 19.7. The van der Waals surface area contributed by atoms with Gasteiger partial charge in [-0.15, -0.1) is 0 Å². The molecule has 0 radical (unpaired) electrons. The van der Waals surface area contributed by atoms with Crippen molar-refractivity contribution in [2.24, 2.45) is 0 Å². The van der Waals surface area contributed by atoms with Crippen LogP contribution in [0.4, 0.5) is 0 Å². The van der Waals surface area contributed by atoms with E-state index in [-0.39, 0.29) is 0 Å². The van der Waals surface area contributed by atoms with Gasteiger partial charge in [0.1, 0.15) is 0 Å². The van der Waals surface area contributed by atoms with E-state index >= 15 is 0 Å². The molecule has 0 fully saturated rings. The molecule has 3 aromatic carbocycles. The van der Waals surface area contributed by atoms with Crippen molar-refractivity contribution in [2.75, 3.05) is 26.4 Å². The zero-order chi connectivity index (χ0) is 48.4. The third-order valence-corrected chi connectivity index (χ3v) is 18.4. The fraction of sp³-hybridized carbons (Fsp3) is 0.667. The molecule has 0 saturated carbocycles. The Balaban J connectivity index is 1.44. The van der Waals surface area contributed by atoms with Gasteiger partial charge in [0, 0.05) is 46.3 Å². The predicted molar refractivity (Wildman–Crippen MR) is 325 cm³/mol. The highest BCUT2D eigenvalue weighted by molar-refractivity contribution is 14.1. The molecule has 2 aliphatic carbocycles. The van der Waals surface area contributed by atoms with Crippen LogP contribution in [0, 0.1) is 28.0 Å². The van der Waals surface area contributed by atoms with E-state index in [0.29, 0.717) is 0 Å². The first kappa shape index (κ1) is 58.4. The van der Waals surface area contributed by atoms with Gasteiger partial charge >= 0.3 is 0 Å². The Labute approximate surface area is 468 Å². The average molecular weight is 1380 g/mol. The van der Waals surface area contributed by atoms with Crippen LogP contribution in [0.25, 0.3) is 7.16 Å². The van der Waals surface area contributed by atoms with E-state index in [1.165, 1.54) is 237 Å². The summed E-state index contributed by atoms with van der Waals surface area (Å²) in [6, 6.07) is 9.25. The first-order valence-corrected chi connectivity index (χ1v) is 32.2. The Hall–Kier alpha value is -0.480. The minimum atomic E-state index is 0.724. The molecule has 0 saturated heterocycles. The van der Waals surface area contributed by atoms with Gasteiger partial charge in [-0.2, -0.15) is 0 Å². The third kappa shape index (κ3) is 17.9. The number of benzene rings is 3. The van der Waals surface area contributed by atoms with Crippen molar-refractivity contribution in [3.63, 3.8) is 0 Å². The summed E-state index contributed by atoms with van der Waals surface area (Å²) < 4.78 is 32.0. The van der Waals surface area contributed by atoms with E-state index in [9.17, 15) is 0 Å². The fourth-order valence-electron chi connectivity index (χ4n) is 9.90. The number of rotatable bonds is 40. The molecule has 0 atom stereocenters. The largest absolute Gasteiger partial charge is 0.490 e. The molecule has 0 aromatic heterocycles. The molecule has 0 N–H and O–H groups in total. The Morgan fingerprint density at radius 1 is 0.279 bits per heavy atom. The minimum absolute atomic E-state index is 0.724. The number of hydrogen-bond acceptors (Lipinski definition) is 4. The van der Waals surface area contributed by atoms with Crippen LogP contribution in [-0.2, 0) is 0 Å². The highest BCUT2D eigenvalue weighted by Crippen LogP contribution is 2.42. The molecule has 0 amide bonds. The van der Waals surface area contributed by atoms with Gasteiger partial charge in [-0.3, -0.25) is 0 Å². The normalized spacial score (nSPS) is 12.4. The SMILES string of the molecule is CCCCCCCCCCOc1cc2c(cc1OCCCCCCCCCC)=c1c(I)c3c(c(I)c1C=2I)=c1cc(OCCCCCCCCCC)c(OCCCCCCCCCC)cc1=C3I. The molecular weight excluding hydrogens is 1290 g/mol. The summed E-state index contributed by atoms with van der Waals surface area (Å²) in [5.74, 6) is 3.59. The lowest BCUT2D eigenvalue weighted by molar-refractivity contribution is 0.258. The number of unbranched alkanes of at least 4 members (excludes halogenated alkanes) is 28. The Bertz CT molecular complexity index is 2130. The molecule has 0 spiro atoms. The maximum absolute atomic E-state index is 6.72. The molecule has 380 valence electrons. The zero-order valence-corrected chi connectivity index (χ0v) is 51.5. The number of ether oxygens (including phenoxy) is 4. The molecule has 3 aromatic rings. The maximum Gasteiger partial charge on any atom is 0.161 e. The smallest absolute Gasteiger partial charge is 0.161 e. The monoisotopic (exact) mass is 1380 g/mol. The second-order valence-corrected chi connectivity index (χ2v) is 24.1. The molecule has 0 heterocycles. The van der Waals surface area contributed by atoms with Crippen LogP contribution < -0.4 is 29.4 Å². The lowest BCUT2D eigenvalue weighted by atomic mass is 10.1. The topological polar surface area (TPSA) is 36.9 Å². The lowest BCUT2D eigenvalue weighted by Gasteiger charge is -2.13.